The zero-order chi connectivity index (χ0) is 36.4. The molecule has 0 saturated carbocycles. The number of benzene rings is 4. The van der Waals surface area contributed by atoms with Gasteiger partial charge in [-0.2, -0.15) is 0 Å². The lowest BCUT2D eigenvalue weighted by atomic mass is 9.84. The third-order valence-electron chi connectivity index (χ3n) is 13.3. The molecule has 0 radical (unpaired) electrons. The summed E-state index contributed by atoms with van der Waals surface area (Å²) in [4.78, 5) is 0. The molecule has 0 aromatic heterocycles. The Kier molecular flexibility index (Phi) is 8.16. The van der Waals surface area contributed by atoms with Gasteiger partial charge in [0.25, 0.3) is 0 Å². The van der Waals surface area contributed by atoms with Crippen LogP contribution in [0, 0.1) is 0 Å². The second kappa shape index (κ2) is 11.8. The van der Waals surface area contributed by atoms with E-state index in [1.807, 2.05) is 0 Å². The number of alkyl halides is 2. The van der Waals surface area contributed by atoms with Crippen molar-refractivity contribution in [3.05, 3.63) is 127 Å². The van der Waals surface area contributed by atoms with Gasteiger partial charge < -0.3 is 0 Å². The molecular formula is C48H54Cl2Si. The number of rotatable bonds is 4. The number of halogens is 2. The van der Waals surface area contributed by atoms with Crippen LogP contribution >= 0.6 is 23.2 Å². The molecule has 0 bridgehead atoms. The molecule has 0 saturated heterocycles. The first-order valence-corrected chi connectivity index (χ1v) is 21.5. The first-order chi connectivity index (χ1) is 23.9. The fourth-order valence-corrected chi connectivity index (χ4v) is 14.6. The summed E-state index contributed by atoms with van der Waals surface area (Å²) in [6.45, 7) is 23.0. The lowest BCUT2D eigenvalue weighted by molar-refractivity contribution is 0.590. The van der Waals surface area contributed by atoms with Crippen molar-refractivity contribution in [3.8, 4) is 22.3 Å². The van der Waals surface area contributed by atoms with Gasteiger partial charge >= 0.3 is 0 Å². The average molecular weight is 730 g/mol. The number of allylic oxidation sites excluding steroid dienone is 4. The highest BCUT2D eigenvalue weighted by Crippen LogP contribution is 2.60. The van der Waals surface area contributed by atoms with Gasteiger partial charge in [0.1, 0.15) is 0 Å². The molecule has 0 amide bonds. The highest BCUT2D eigenvalue weighted by Gasteiger charge is 2.53. The number of hydrogen-bond donors (Lipinski definition) is 0. The van der Waals surface area contributed by atoms with E-state index in [0.29, 0.717) is 0 Å². The van der Waals surface area contributed by atoms with Crippen molar-refractivity contribution in [3.63, 3.8) is 0 Å². The smallest absolute Gasteiger partial charge is 0.0923 e. The summed E-state index contributed by atoms with van der Waals surface area (Å²) in [6.07, 6.45) is 6.93. The summed E-state index contributed by atoms with van der Waals surface area (Å²) in [5.74, 6) is 0. The Hall–Kier alpha value is -2.84. The molecule has 0 spiro atoms. The van der Waals surface area contributed by atoms with Crippen LogP contribution in [0.25, 0.3) is 33.4 Å². The Morgan fingerprint density at radius 2 is 0.863 bits per heavy atom. The van der Waals surface area contributed by atoms with Crippen LogP contribution in [0.1, 0.15) is 138 Å². The maximum absolute atomic E-state index is 8.27. The maximum atomic E-state index is 8.27. The van der Waals surface area contributed by atoms with Crippen LogP contribution < -0.4 is 0 Å². The minimum Gasteiger partial charge on any atom is -0.114 e. The highest BCUT2D eigenvalue weighted by molar-refractivity contribution is 6.70. The van der Waals surface area contributed by atoms with E-state index in [4.69, 9.17) is 23.2 Å². The molecule has 0 fully saturated rings. The predicted octanol–water partition coefficient (Wildman–Crippen LogP) is 12.9. The Balaban J connectivity index is 1.29. The molecule has 3 heteroatoms. The predicted molar refractivity (Wildman–Crippen MR) is 225 cm³/mol. The van der Waals surface area contributed by atoms with E-state index in [2.05, 4.69) is 130 Å². The van der Waals surface area contributed by atoms with Crippen LogP contribution in [0.2, 0.25) is 0 Å². The first-order valence-electron chi connectivity index (χ1n) is 19.3. The molecule has 0 N–H and O–H groups in total. The van der Waals surface area contributed by atoms with E-state index in [1.54, 1.807) is 0 Å². The van der Waals surface area contributed by atoms with Gasteiger partial charge in [0.2, 0.25) is 0 Å². The Labute approximate surface area is 319 Å². The second-order valence-corrected chi connectivity index (χ2v) is 22.9. The van der Waals surface area contributed by atoms with Gasteiger partial charge in [-0.15, -0.1) is 23.2 Å². The molecule has 4 aromatic rings. The van der Waals surface area contributed by atoms with Crippen molar-refractivity contribution in [1.82, 2.24) is 0 Å². The molecule has 2 atom stereocenters. The van der Waals surface area contributed by atoms with E-state index in [1.165, 1.54) is 113 Å². The molecule has 2 unspecified atom stereocenters. The van der Waals surface area contributed by atoms with Crippen LogP contribution in [0.15, 0.2) is 71.8 Å². The minimum absolute atomic E-state index is 0.119. The van der Waals surface area contributed by atoms with Crippen molar-refractivity contribution < 1.29 is 0 Å². The average Bonchev–Trinajstić information content (AvgIpc) is 3.83. The third kappa shape index (κ3) is 5.26. The summed E-state index contributed by atoms with van der Waals surface area (Å²) in [7, 11) is -1.26. The van der Waals surface area contributed by atoms with Gasteiger partial charge in [-0.3, -0.25) is 0 Å². The van der Waals surface area contributed by atoms with Crippen LogP contribution in [0.4, 0.5) is 0 Å². The Bertz CT molecular complexity index is 2030. The molecule has 264 valence electrons. The van der Waals surface area contributed by atoms with E-state index in [-0.39, 0.29) is 10.8 Å². The van der Waals surface area contributed by atoms with Gasteiger partial charge in [0.05, 0.1) is 18.5 Å². The van der Waals surface area contributed by atoms with Crippen LogP contribution in [-0.2, 0) is 45.5 Å². The van der Waals surface area contributed by atoms with E-state index in [9.17, 15) is 0 Å². The molecule has 0 nitrogen and oxygen atoms in total. The summed E-state index contributed by atoms with van der Waals surface area (Å²) in [5, 5.41) is 0. The summed E-state index contributed by atoms with van der Waals surface area (Å²) >= 11 is 16.5. The second-order valence-electron chi connectivity index (χ2n) is 18.3. The van der Waals surface area contributed by atoms with Crippen LogP contribution in [-0.4, -0.2) is 9.52 Å². The van der Waals surface area contributed by atoms with Gasteiger partial charge in [0.15, 0.2) is 0 Å². The van der Waals surface area contributed by atoms with Crippen molar-refractivity contribution >= 4 is 43.9 Å². The summed E-state index contributed by atoms with van der Waals surface area (Å²) in [5.41, 5.74) is 25.2. The molecule has 4 aromatic carbocycles. The molecule has 51 heavy (non-hydrogen) atoms. The van der Waals surface area contributed by atoms with Gasteiger partial charge in [0, 0.05) is 0 Å². The fourth-order valence-electron chi connectivity index (χ4n) is 9.97. The molecule has 4 aliphatic carbocycles. The highest BCUT2D eigenvalue weighted by atomic mass is 35.5. The Morgan fingerprint density at radius 3 is 1.20 bits per heavy atom. The summed E-state index contributed by atoms with van der Waals surface area (Å²) < 4.78 is -1.15. The van der Waals surface area contributed by atoms with Gasteiger partial charge in [-0.05, 0) is 177 Å². The number of hydrogen-bond acceptors (Lipinski definition) is 0. The zero-order valence-electron chi connectivity index (χ0n) is 32.5. The quantitative estimate of drug-likeness (QED) is 0.145. The standard InChI is InChI=1S/C48H54Cl2Si/c1-27-29(3)47(49,39-25-33-13-11-15-37(33)43(41(27)39)31-17-21-35(22-18-31)45(5,6)7)51-48(50)30(4)28(2)42-40(48)26-34-14-12-16-38(34)44(42)32-19-23-36(24-20-32)46(8,9)10/h17-26H,11-16,51H2,1-10H3. The SMILES string of the molecule is CC1=C(C)C(Cl)([SiH2]C2(Cl)C(C)=C(C)c3c2cc2c(c3-c3ccc(C(C)(C)C)cc3)CCC2)c2cc3c(c(-c4ccc(C(C)(C)C)cc4)c21)CCC3. The molecular weight excluding hydrogens is 676 g/mol. The lowest BCUT2D eigenvalue weighted by Crippen LogP contribution is -2.40. The summed E-state index contributed by atoms with van der Waals surface area (Å²) in [6, 6.07) is 23.8. The normalized spacial score (nSPS) is 22.7. The van der Waals surface area contributed by atoms with E-state index < -0.39 is 18.5 Å². The van der Waals surface area contributed by atoms with Gasteiger partial charge in [-0.25, -0.2) is 0 Å². The zero-order valence-corrected chi connectivity index (χ0v) is 35.4. The molecule has 0 heterocycles. The van der Waals surface area contributed by atoms with E-state index >= 15 is 0 Å². The number of aryl methyl sites for hydroxylation is 2. The molecule has 0 aliphatic heterocycles. The van der Waals surface area contributed by atoms with Crippen LogP contribution in [0.3, 0.4) is 0 Å². The molecule has 8 rings (SSSR count). The topological polar surface area (TPSA) is 0 Å². The molecule has 4 aliphatic rings. The largest absolute Gasteiger partial charge is 0.114 e. The number of fused-ring (bicyclic) bond motifs is 4. The van der Waals surface area contributed by atoms with Crippen LogP contribution in [0.5, 0.6) is 0 Å². The minimum atomic E-state index is -1.26. The van der Waals surface area contributed by atoms with Gasteiger partial charge in [-0.1, -0.05) is 102 Å². The Morgan fingerprint density at radius 1 is 0.510 bits per heavy atom. The first kappa shape index (κ1) is 35.2. The van der Waals surface area contributed by atoms with Crippen molar-refractivity contribution in [2.45, 2.75) is 128 Å². The van der Waals surface area contributed by atoms with Crippen molar-refractivity contribution in [1.29, 1.82) is 0 Å². The lowest BCUT2D eigenvalue weighted by Gasteiger charge is -2.36. The van der Waals surface area contributed by atoms with E-state index in [0.717, 1.165) is 25.7 Å². The third-order valence-corrected chi connectivity index (χ3v) is 17.9. The van der Waals surface area contributed by atoms with Crippen molar-refractivity contribution in [2.24, 2.45) is 0 Å². The maximum Gasteiger partial charge on any atom is 0.0923 e. The monoisotopic (exact) mass is 728 g/mol. The van der Waals surface area contributed by atoms with Crippen molar-refractivity contribution in [2.75, 3.05) is 0 Å². The fraction of sp³-hybridized carbons (Fsp3) is 0.417.